The summed E-state index contributed by atoms with van der Waals surface area (Å²) in [5.74, 6) is 0.149. The summed E-state index contributed by atoms with van der Waals surface area (Å²) in [6.07, 6.45) is 0. The van der Waals surface area contributed by atoms with Crippen LogP contribution in [0.2, 0.25) is 0 Å². The smallest absolute Gasteiger partial charge is 0.298 e. The first-order valence-corrected chi connectivity index (χ1v) is 8.29. The molecule has 20 heavy (non-hydrogen) atoms. The molecule has 1 aliphatic heterocycles. The quantitative estimate of drug-likeness (QED) is 0.854. The topological polar surface area (TPSA) is 66.7 Å². The molecule has 0 N–H and O–H groups in total. The van der Waals surface area contributed by atoms with Crippen LogP contribution in [-0.2, 0) is 10.0 Å². The number of nitrogens with zero attached hydrogens (tertiary/aromatic N) is 3. The molecule has 3 rings (SSSR count). The number of benzene rings is 1. The third kappa shape index (κ3) is 2.38. The van der Waals surface area contributed by atoms with Gasteiger partial charge in [0.1, 0.15) is 5.52 Å². The number of aromatic nitrogens is 1. The molecule has 108 valence electrons. The van der Waals surface area contributed by atoms with E-state index in [-0.39, 0.29) is 5.75 Å². The number of hydrogen-bond acceptors (Lipinski definition) is 5. The molecule has 0 radical (unpaired) electrons. The molecule has 6 nitrogen and oxygen atoms in total. The van der Waals surface area contributed by atoms with Crippen molar-refractivity contribution in [3.63, 3.8) is 0 Å². The van der Waals surface area contributed by atoms with Crippen LogP contribution in [0.15, 0.2) is 28.7 Å². The normalized spacial score (nSPS) is 17.8. The standard InChI is InChI=1S/C13H17N3O3S/c1-2-20(17,18)16-9-7-15(8-10-16)13-14-11-5-3-4-6-12(11)19-13/h3-6H,2,7-10H2,1H3. The molecule has 7 heteroatoms. The van der Waals surface area contributed by atoms with Crippen molar-refractivity contribution in [3.05, 3.63) is 24.3 Å². The van der Waals surface area contributed by atoms with Crippen LogP contribution in [0.25, 0.3) is 11.1 Å². The van der Waals surface area contributed by atoms with Gasteiger partial charge in [0.25, 0.3) is 6.01 Å². The number of sulfonamides is 1. The number of rotatable bonds is 3. The molecule has 0 saturated carbocycles. The molecule has 0 unspecified atom stereocenters. The van der Waals surface area contributed by atoms with Crippen molar-refractivity contribution in [2.75, 3.05) is 36.8 Å². The molecule has 1 aromatic carbocycles. The molecule has 2 heterocycles. The van der Waals surface area contributed by atoms with E-state index in [1.54, 1.807) is 6.92 Å². The summed E-state index contributed by atoms with van der Waals surface area (Å²) < 4.78 is 30.8. The van der Waals surface area contributed by atoms with Crippen LogP contribution in [0.4, 0.5) is 6.01 Å². The fourth-order valence-electron chi connectivity index (χ4n) is 2.34. The van der Waals surface area contributed by atoms with E-state index >= 15 is 0 Å². The van der Waals surface area contributed by atoms with Crippen molar-refractivity contribution in [1.82, 2.24) is 9.29 Å². The van der Waals surface area contributed by atoms with Crippen molar-refractivity contribution in [3.8, 4) is 0 Å². The fourth-order valence-corrected chi connectivity index (χ4v) is 3.42. The summed E-state index contributed by atoms with van der Waals surface area (Å²) in [5, 5.41) is 0. The lowest BCUT2D eigenvalue weighted by atomic mass is 10.3. The Morgan fingerprint density at radius 2 is 1.90 bits per heavy atom. The second-order valence-electron chi connectivity index (χ2n) is 4.75. The number of fused-ring (bicyclic) bond motifs is 1. The van der Waals surface area contributed by atoms with E-state index in [2.05, 4.69) is 4.98 Å². The molecule has 1 aliphatic rings. The minimum Gasteiger partial charge on any atom is -0.423 e. The molecule has 1 saturated heterocycles. The largest absolute Gasteiger partial charge is 0.423 e. The summed E-state index contributed by atoms with van der Waals surface area (Å²) in [6.45, 7) is 3.84. The molecule has 0 atom stereocenters. The minimum absolute atomic E-state index is 0.149. The average Bonchev–Trinajstić information content (AvgIpc) is 2.91. The number of para-hydroxylation sites is 2. The maximum atomic E-state index is 11.8. The summed E-state index contributed by atoms with van der Waals surface area (Å²) in [7, 11) is -3.10. The lowest BCUT2D eigenvalue weighted by Crippen LogP contribution is -2.49. The Morgan fingerprint density at radius 3 is 2.55 bits per heavy atom. The van der Waals surface area contributed by atoms with Crippen LogP contribution in [0.1, 0.15) is 6.92 Å². The Morgan fingerprint density at radius 1 is 1.20 bits per heavy atom. The van der Waals surface area contributed by atoms with Crippen LogP contribution in [-0.4, -0.2) is 49.6 Å². The molecule has 1 aromatic heterocycles. The van der Waals surface area contributed by atoms with Gasteiger partial charge < -0.3 is 9.32 Å². The highest BCUT2D eigenvalue weighted by atomic mass is 32.2. The average molecular weight is 295 g/mol. The Labute approximate surface area is 118 Å². The van der Waals surface area contributed by atoms with Gasteiger partial charge in [0.2, 0.25) is 10.0 Å². The van der Waals surface area contributed by atoms with Crippen molar-refractivity contribution < 1.29 is 12.8 Å². The second-order valence-corrected chi connectivity index (χ2v) is 7.01. The Balaban J connectivity index is 1.75. The van der Waals surface area contributed by atoms with Gasteiger partial charge in [-0.05, 0) is 19.1 Å². The van der Waals surface area contributed by atoms with E-state index < -0.39 is 10.0 Å². The maximum Gasteiger partial charge on any atom is 0.298 e. The highest BCUT2D eigenvalue weighted by molar-refractivity contribution is 7.89. The van der Waals surface area contributed by atoms with Gasteiger partial charge in [-0.1, -0.05) is 12.1 Å². The zero-order chi connectivity index (χ0) is 14.2. The lowest BCUT2D eigenvalue weighted by Gasteiger charge is -2.32. The van der Waals surface area contributed by atoms with Crippen LogP contribution in [0, 0.1) is 0 Å². The first kappa shape index (κ1) is 13.4. The molecule has 0 amide bonds. The van der Waals surface area contributed by atoms with Gasteiger partial charge >= 0.3 is 0 Å². The molecule has 2 aromatic rings. The molecular formula is C13H17N3O3S. The van der Waals surface area contributed by atoms with Crippen molar-refractivity contribution >= 4 is 27.1 Å². The van der Waals surface area contributed by atoms with Crippen LogP contribution in [0.3, 0.4) is 0 Å². The number of oxazole rings is 1. The van der Waals surface area contributed by atoms with Crippen LogP contribution in [0.5, 0.6) is 0 Å². The number of piperazine rings is 1. The van der Waals surface area contributed by atoms with Crippen molar-refractivity contribution in [1.29, 1.82) is 0 Å². The third-order valence-electron chi connectivity index (χ3n) is 3.55. The van der Waals surface area contributed by atoms with Crippen LogP contribution >= 0.6 is 0 Å². The fraction of sp³-hybridized carbons (Fsp3) is 0.462. The van der Waals surface area contributed by atoms with Crippen molar-refractivity contribution in [2.45, 2.75) is 6.92 Å². The summed E-state index contributed by atoms with van der Waals surface area (Å²) in [6, 6.07) is 8.17. The summed E-state index contributed by atoms with van der Waals surface area (Å²) in [4.78, 5) is 6.42. The van der Waals surface area contributed by atoms with E-state index in [4.69, 9.17) is 4.42 Å². The van der Waals surface area contributed by atoms with Gasteiger partial charge in [-0.3, -0.25) is 0 Å². The monoisotopic (exact) mass is 295 g/mol. The Kier molecular flexibility index (Phi) is 3.39. The van der Waals surface area contributed by atoms with Gasteiger partial charge in [0, 0.05) is 26.2 Å². The van der Waals surface area contributed by atoms with Gasteiger partial charge in [0.05, 0.1) is 5.75 Å². The SMILES string of the molecule is CCS(=O)(=O)N1CCN(c2nc3ccccc3o2)CC1. The second kappa shape index (κ2) is 5.06. The number of anilines is 1. The van der Waals surface area contributed by atoms with E-state index in [0.717, 1.165) is 11.1 Å². The van der Waals surface area contributed by atoms with Gasteiger partial charge in [-0.15, -0.1) is 0 Å². The molecular weight excluding hydrogens is 278 g/mol. The van der Waals surface area contributed by atoms with Gasteiger partial charge in [-0.2, -0.15) is 9.29 Å². The Bertz CT molecular complexity index is 669. The first-order valence-electron chi connectivity index (χ1n) is 6.68. The maximum absolute atomic E-state index is 11.8. The lowest BCUT2D eigenvalue weighted by molar-refractivity contribution is 0.374. The van der Waals surface area contributed by atoms with E-state index in [1.165, 1.54) is 4.31 Å². The zero-order valence-corrected chi connectivity index (χ0v) is 12.1. The predicted molar refractivity (Wildman–Crippen MR) is 77.3 cm³/mol. The van der Waals surface area contributed by atoms with Crippen molar-refractivity contribution in [2.24, 2.45) is 0 Å². The molecule has 0 bridgehead atoms. The molecule has 1 fully saturated rings. The van der Waals surface area contributed by atoms with E-state index in [0.29, 0.717) is 32.2 Å². The highest BCUT2D eigenvalue weighted by Gasteiger charge is 2.27. The van der Waals surface area contributed by atoms with Gasteiger partial charge in [0.15, 0.2) is 5.58 Å². The van der Waals surface area contributed by atoms with E-state index in [1.807, 2.05) is 29.2 Å². The zero-order valence-electron chi connectivity index (χ0n) is 11.3. The highest BCUT2D eigenvalue weighted by Crippen LogP contribution is 2.22. The van der Waals surface area contributed by atoms with E-state index in [9.17, 15) is 8.42 Å². The number of hydrogen-bond donors (Lipinski definition) is 0. The van der Waals surface area contributed by atoms with Gasteiger partial charge in [-0.25, -0.2) is 8.42 Å². The first-order chi connectivity index (χ1) is 9.60. The summed E-state index contributed by atoms with van der Waals surface area (Å²) >= 11 is 0. The molecule has 0 aliphatic carbocycles. The van der Waals surface area contributed by atoms with Crippen LogP contribution < -0.4 is 4.90 Å². The summed E-state index contributed by atoms with van der Waals surface area (Å²) in [5.41, 5.74) is 1.58. The molecule has 0 spiro atoms. The third-order valence-corrected chi connectivity index (χ3v) is 5.43. The predicted octanol–water partition coefficient (Wildman–Crippen LogP) is 1.30. The Hall–Kier alpha value is -1.60. The minimum atomic E-state index is -3.10.